The number of ketones is 1. The third kappa shape index (κ3) is 4.23. The van der Waals surface area contributed by atoms with Gasteiger partial charge in [-0.2, -0.15) is 0 Å². The molecule has 13 heavy (non-hydrogen) atoms. The van der Waals surface area contributed by atoms with Crippen LogP contribution in [-0.2, 0) is 9.53 Å². The Bertz CT molecular complexity index is 183. The van der Waals surface area contributed by atoms with Gasteiger partial charge in [0.05, 0.1) is 0 Å². The van der Waals surface area contributed by atoms with Crippen molar-refractivity contribution >= 4 is 5.78 Å². The van der Waals surface area contributed by atoms with Crippen LogP contribution in [0.5, 0.6) is 0 Å². The minimum absolute atomic E-state index is 0.0890. The first-order valence-corrected chi connectivity index (χ1v) is 4.85. The number of carbonyl (C=O) groups excluding carboxylic acids is 1. The van der Waals surface area contributed by atoms with Gasteiger partial charge in [-0.15, -0.1) is 0 Å². The van der Waals surface area contributed by atoms with Crippen molar-refractivity contribution in [3.8, 4) is 0 Å². The molecule has 0 bridgehead atoms. The van der Waals surface area contributed by atoms with E-state index in [1.165, 1.54) is 0 Å². The van der Waals surface area contributed by atoms with E-state index >= 15 is 0 Å². The van der Waals surface area contributed by atoms with E-state index in [-0.39, 0.29) is 11.7 Å². The van der Waals surface area contributed by atoms with Crippen LogP contribution in [0.2, 0.25) is 0 Å². The molecule has 0 heterocycles. The van der Waals surface area contributed by atoms with Gasteiger partial charge in [-0.1, -0.05) is 19.9 Å². The zero-order valence-electron chi connectivity index (χ0n) is 9.09. The van der Waals surface area contributed by atoms with Crippen LogP contribution in [0.15, 0.2) is 11.6 Å². The molecule has 1 atom stereocenters. The van der Waals surface area contributed by atoms with Gasteiger partial charge in [0.2, 0.25) is 0 Å². The Morgan fingerprint density at radius 3 is 2.54 bits per heavy atom. The number of hydrogen-bond acceptors (Lipinski definition) is 2. The molecule has 1 unspecified atom stereocenters. The average molecular weight is 184 g/mol. The summed E-state index contributed by atoms with van der Waals surface area (Å²) in [5.41, 5.74) is 0.934. The Morgan fingerprint density at radius 1 is 1.54 bits per heavy atom. The van der Waals surface area contributed by atoms with Gasteiger partial charge in [0.1, 0.15) is 0 Å². The van der Waals surface area contributed by atoms with E-state index in [1.54, 1.807) is 7.11 Å². The molecule has 0 fully saturated rings. The number of carbonyl (C=O) groups is 1. The van der Waals surface area contributed by atoms with Crippen molar-refractivity contribution in [3.63, 3.8) is 0 Å². The van der Waals surface area contributed by atoms with E-state index in [4.69, 9.17) is 4.74 Å². The summed E-state index contributed by atoms with van der Waals surface area (Å²) in [6.07, 6.45) is 3.55. The second kappa shape index (κ2) is 6.84. The molecule has 0 aromatic carbocycles. The molecule has 0 radical (unpaired) electrons. The zero-order valence-corrected chi connectivity index (χ0v) is 9.09. The number of ether oxygens (including phenoxy) is 1. The Balaban J connectivity index is 4.08. The first-order chi connectivity index (χ1) is 6.17. The van der Waals surface area contributed by atoms with Crippen molar-refractivity contribution in [2.24, 2.45) is 5.92 Å². The number of Topliss-reactive ketones (excluding diaryl/α,β-unsaturated/α-hetero) is 1. The largest absolute Gasteiger partial charge is 0.385 e. The van der Waals surface area contributed by atoms with Crippen molar-refractivity contribution in [1.82, 2.24) is 0 Å². The predicted molar refractivity (Wildman–Crippen MR) is 54.7 cm³/mol. The molecule has 0 aliphatic carbocycles. The first-order valence-electron chi connectivity index (χ1n) is 4.85. The van der Waals surface area contributed by atoms with Crippen LogP contribution in [0.25, 0.3) is 0 Å². The van der Waals surface area contributed by atoms with Crippen LogP contribution in [0.1, 0.15) is 33.6 Å². The Morgan fingerprint density at radius 2 is 2.15 bits per heavy atom. The summed E-state index contributed by atoms with van der Waals surface area (Å²) in [5.74, 6) is 0.355. The monoisotopic (exact) mass is 184 g/mol. The van der Waals surface area contributed by atoms with Crippen molar-refractivity contribution in [2.75, 3.05) is 13.7 Å². The van der Waals surface area contributed by atoms with Gasteiger partial charge in [0.15, 0.2) is 5.78 Å². The SMILES string of the molecule is CC=C(CC)C(=O)C(C)CCOC. The molecular weight excluding hydrogens is 164 g/mol. The molecule has 2 nitrogen and oxygen atoms in total. The molecule has 2 heteroatoms. The van der Waals surface area contributed by atoms with E-state index in [0.717, 1.165) is 18.4 Å². The summed E-state index contributed by atoms with van der Waals surface area (Å²) in [6, 6.07) is 0. The lowest BCUT2D eigenvalue weighted by Crippen LogP contribution is -2.15. The molecule has 0 aliphatic heterocycles. The van der Waals surface area contributed by atoms with E-state index in [9.17, 15) is 4.79 Å². The van der Waals surface area contributed by atoms with Crippen LogP contribution < -0.4 is 0 Å². The van der Waals surface area contributed by atoms with Gasteiger partial charge in [0.25, 0.3) is 0 Å². The molecule has 0 amide bonds. The van der Waals surface area contributed by atoms with Crippen LogP contribution in [0, 0.1) is 5.92 Å². The molecule has 0 aromatic heterocycles. The maximum absolute atomic E-state index is 11.7. The van der Waals surface area contributed by atoms with Crippen molar-refractivity contribution in [3.05, 3.63) is 11.6 Å². The molecule has 76 valence electrons. The summed E-state index contributed by atoms with van der Waals surface area (Å²) in [5, 5.41) is 0. The molecular formula is C11H20O2. The Hall–Kier alpha value is -0.630. The van der Waals surface area contributed by atoms with Gasteiger partial charge in [-0.05, 0) is 25.3 Å². The van der Waals surface area contributed by atoms with Gasteiger partial charge in [0, 0.05) is 19.6 Å². The summed E-state index contributed by atoms with van der Waals surface area (Å²) in [4.78, 5) is 11.7. The van der Waals surface area contributed by atoms with E-state index in [2.05, 4.69) is 0 Å². The molecule has 0 rings (SSSR count). The number of hydrogen-bond donors (Lipinski definition) is 0. The molecule has 0 aliphatic rings. The van der Waals surface area contributed by atoms with Gasteiger partial charge in [-0.3, -0.25) is 4.79 Å². The fourth-order valence-corrected chi connectivity index (χ4v) is 1.26. The topological polar surface area (TPSA) is 26.3 Å². The maximum Gasteiger partial charge on any atom is 0.161 e. The maximum atomic E-state index is 11.7. The second-order valence-corrected chi connectivity index (χ2v) is 3.21. The van der Waals surface area contributed by atoms with Crippen LogP contribution in [-0.4, -0.2) is 19.5 Å². The van der Waals surface area contributed by atoms with E-state index in [1.807, 2.05) is 26.8 Å². The first kappa shape index (κ1) is 12.4. The molecule has 0 spiro atoms. The molecule has 0 saturated heterocycles. The lowest BCUT2D eigenvalue weighted by atomic mass is 9.95. The highest BCUT2D eigenvalue weighted by molar-refractivity contribution is 5.96. The average Bonchev–Trinajstić information content (AvgIpc) is 2.15. The van der Waals surface area contributed by atoms with Gasteiger partial charge >= 0.3 is 0 Å². The third-order valence-electron chi connectivity index (χ3n) is 2.25. The van der Waals surface area contributed by atoms with Crippen molar-refractivity contribution in [1.29, 1.82) is 0 Å². The van der Waals surface area contributed by atoms with E-state index in [0.29, 0.717) is 6.61 Å². The number of methoxy groups -OCH3 is 1. The normalized spacial score (nSPS) is 14.3. The van der Waals surface area contributed by atoms with E-state index < -0.39 is 0 Å². The smallest absolute Gasteiger partial charge is 0.161 e. The minimum Gasteiger partial charge on any atom is -0.385 e. The Labute approximate surface area is 81.0 Å². The highest BCUT2D eigenvalue weighted by atomic mass is 16.5. The zero-order chi connectivity index (χ0) is 10.3. The summed E-state index contributed by atoms with van der Waals surface area (Å²) in [6.45, 7) is 6.55. The molecule has 0 aromatic rings. The molecule has 0 saturated carbocycles. The minimum atomic E-state index is 0.0890. The lowest BCUT2D eigenvalue weighted by molar-refractivity contribution is -0.119. The fraction of sp³-hybridized carbons (Fsp3) is 0.727. The standard InChI is InChI=1S/C11H20O2/c1-5-10(6-2)11(12)9(3)7-8-13-4/h5,9H,6-8H2,1-4H3. The molecule has 0 N–H and O–H groups in total. The number of allylic oxidation sites excluding steroid dienone is 2. The number of rotatable bonds is 6. The predicted octanol–water partition coefficient (Wildman–Crippen LogP) is 2.58. The fourth-order valence-electron chi connectivity index (χ4n) is 1.26. The van der Waals surface area contributed by atoms with Crippen LogP contribution >= 0.6 is 0 Å². The quantitative estimate of drug-likeness (QED) is 0.593. The van der Waals surface area contributed by atoms with Crippen molar-refractivity contribution < 1.29 is 9.53 Å². The summed E-state index contributed by atoms with van der Waals surface area (Å²) < 4.78 is 4.94. The van der Waals surface area contributed by atoms with Crippen LogP contribution in [0.3, 0.4) is 0 Å². The summed E-state index contributed by atoms with van der Waals surface area (Å²) in [7, 11) is 1.66. The third-order valence-corrected chi connectivity index (χ3v) is 2.25. The Kier molecular flexibility index (Phi) is 6.51. The highest BCUT2D eigenvalue weighted by Gasteiger charge is 2.14. The van der Waals surface area contributed by atoms with Crippen molar-refractivity contribution in [2.45, 2.75) is 33.6 Å². The highest BCUT2D eigenvalue weighted by Crippen LogP contribution is 2.13. The lowest BCUT2D eigenvalue weighted by Gasteiger charge is -2.10. The summed E-state index contributed by atoms with van der Waals surface area (Å²) >= 11 is 0. The van der Waals surface area contributed by atoms with Crippen LogP contribution in [0.4, 0.5) is 0 Å². The second-order valence-electron chi connectivity index (χ2n) is 3.21. The van der Waals surface area contributed by atoms with Gasteiger partial charge < -0.3 is 4.74 Å². The van der Waals surface area contributed by atoms with Gasteiger partial charge in [-0.25, -0.2) is 0 Å².